The van der Waals surface area contributed by atoms with Crippen LogP contribution in [0, 0.1) is 5.92 Å². The molecule has 1 aromatic heterocycles. The summed E-state index contributed by atoms with van der Waals surface area (Å²) in [5.74, 6) is -1.71. The number of hydrogen-bond donors (Lipinski definition) is 2. The van der Waals surface area contributed by atoms with Crippen LogP contribution in [-0.4, -0.2) is 49.9 Å². The van der Waals surface area contributed by atoms with Crippen molar-refractivity contribution in [3.63, 3.8) is 0 Å². The minimum atomic E-state index is -0.907. The minimum Gasteiger partial charge on any atom is -0.504 e. The Morgan fingerprint density at radius 1 is 1.24 bits per heavy atom. The monoisotopic (exact) mass is 343 g/mol. The number of carbonyl (C=O) groups is 2. The summed E-state index contributed by atoms with van der Waals surface area (Å²) < 4.78 is 1.46. The molecule has 3 rings (SSSR count). The first-order chi connectivity index (χ1) is 11.9. The standard InChI is InChI=1S/C18H21N3O4/c1-11(2)12-3-5-14(6-4-12)21-10-15(22)16(19-21)17(23)20-8-7-13(9-20)18(24)25/h3-6,10-11,13,22H,7-9H2,1-2H3,(H,24,25). The zero-order valence-corrected chi connectivity index (χ0v) is 14.2. The third kappa shape index (κ3) is 3.35. The Morgan fingerprint density at radius 3 is 2.48 bits per heavy atom. The molecule has 0 aliphatic carbocycles. The van der Waals surface area contributed by atoms with Crippen molar-refractivity contribution >= 4 is 11.9 Å². The maximum absolute atomic E-state index is 12.5. The number of carboxylic acid groups (broad SMARTS) is 1. The summed E-state index contributed by atoms with van der Waals surface area (Å²) in [5, 5.41) is 23.3. The van der Waals surface area contributed by atoms with Crippen LogP contribution in [0.4, 0.5) is 0 Å². The highest BCUT2D eigenvalue weighted by Crippen LogP contribution is 2.24. The highest BCUT2D eigenvalue weighted by molar-refractivity contribution is 5.95. The van der Waals surface area contributed by atoms with Crippen LogP contribution in [0.1, 0.15) is 42.2 Å². The summed E-state index contributed by atoms with van der Waals surface area (Å²) in [5.41, 5.74) is 1.87. The summed E-state index contributed by atoms with van der Waals surface area (Å²) >= 11 is 0. The number of nitrogens with zero attached hydrogens (tertiary/aromatic N) is 3. The predicted molar refractivity (Wildman–Crippen MR) is 91.0 cm³/mol. The molecule has 1 amide bonds. The SMILES string of the molecule is CC(C)c1ccc(-n2cc(O)c(C(=O)N3CCC(C(=O)O)C3)n2)cc1. The number of hydrogen-bond acceptors (Lipinski definition) is 4. The average molecular weight is 343 g/mol. The number of rotatable bonds is 4. The molecule has 1 atom stereocenters. The second-order valence-electron chi connectivity index (χ2n) is 6.63. The third-order valence-electron chi connectivity index (χ3n) is 4.55. The largest absolute Gasteiger partial charge is 0.504 e. The number of likely N-dealkylation sites (tertiary alicyclic amines) is 1. The fourth-order valence-electron chi connectivity index (χ4n) is 2.96. The van der Waals surface area contributed by atoms with Crippen LogP contribution >= 0.6 is 0 Å². The van der Waals surface area contributed by atoms with Crippen LogP contribution in [-0.2, 0) is 4.79 Å². The van der Waals surface area contributed by atoms with Gasteiger partial charge in [0.2, 0.25) is 0 Å². The van der Waals surface area contributed by atoms with E-state index >= 15 is 0 Å². The summed E-state index contributed by atoms with van der Waals surface area (Å²) in [6, 6.07) is 7.73. The maximum Gasteiger partial charge on any atom is 0.308 e. The number of amides is 1. The normalized spacial score (nSPS) is 17.2. The molecule has 1 unspecified atom stereocenters. The molecule has 1 aromatic carbocycles. The van der Waals surface area contributed by atoms with Gasteiger partial charge in [-0.15, -0.1) is 0 Å². The molecule has 7 heteroatoms. The lowest BCUT2D eigenvalue weighted by molar-refractivity contribution is -0.141. The number of aromatic nitrogens is 2. The zero-order valence-electron chi connectivity index (χ0n) is 14.2. The Balaban J connectivity index is 1.80. The quantitative estimate of drug-likeness (QED) is 0.888. The Morgan fingerprint density at radius 2 is 1.92 bits per heavy atom. The number of carbonyl (C=O) groups excluding carboxylic acids is 1. The summed E-state index contributed by atoms with van der Waals surface area (Å²) in [6.45, 7) is 4.70. The molecular weight excluding hydrogens is 322 g/mol. The van der Waals surface area contributed by atoms with Gasteiger partial charge >= 0.3 is 5.97 Å². The van der Waals surface area contributed by atoms with Gasteiger partial charge < -0.3 is 15.1 Å². The smallest absolute Gasteiger partial charge is 0.308 e. The molecule has 1 aliphatic rings. The van der Waals surface area contributed by atoms with Gasteiger partial charge in [-0.25, -0.2) is 4.68 Å². The average Bonchev–Trinajstić information content (AvgIpc) is 3.21. The van der Waals surface area contributed by atoms with Gasteiger partial charge in [0.05, 0.1) is 17.8 Å². The Bertz CT molecular complexity index is 795. The highest BCUT2D eigenvalue weighted by atomic mass is 16.4. The summed E-state index contributed by atoms with van der Waals surface area (Å²) in [4.78, 5) is 25.0. The van der Waals surface area contributed by atoms with Crippen LogP contribution in [0.3, 0.4) is 0 Å². The molecule has 1 saturated heterocycles. The van der Waals surface area contributed by atoms with Crippen LogP contribution < -0.4 is 0 Å². The van der Waals surface area contributed by atoms with Crippen molar-refractivity contribution < 1.29 is 19.8 Å². The van der Waals surface area contributed by atoms with E-state index in [4.69, 9.17) is 5.11 Å². The molecule has 2 heterocycles. The lowest BCUT2D eigenvalue weighted by atomic mass is 10.0. The van der Waals surface area contributed by atoms with Gasteiger partial charge in [0.25, 0.3) is 5.91 Å². The first-order valence-corrected chi connectivity index (χ1v) is 8.28. The number of aromatic hydroxyl groups is 1. The van der Waals surface area contributed by atoms with Gasteiger partial charge in [0, 0.05) is 13.1 Å². The number of aliphatic carboxylic acids is 1. The Hall–Kier alpha value is -2.83. The van der Waals surface area contributed by atoms with E-state index in [2.05, 4.69) is 18.9 Å². The molecule has 1 aliphatic heterocycles. The van der Waals surface area contributed by atoms with E-state index < -0.39 is 17.8 Å². The van der Waals surface area contributed by atoms with Crippen molar-refractivity contribution in [3.8, 4) is 11.4 Å². The van der Waals surface area contributed by atoms with Crippen LogP contribution in [0.25, 0.3) is 5.69 Å². The molecule has 1 fully saturated rings. The van der Waals surface area contributed by atoms with Gasteiger partial charge in [-0.3, -0.25) is 9.59 Å². The second kappa shape index (κ2) is 6.58. The molecule has 132 valence electrons. The van der Waals surface area contributed by atoms with E-state index in [9.17, 15) is 14.7 Å². The molecule has 2 N–H and O–H groups in total. The van der Waals surface area contributed by atoms with Crippen molar-refractivity contribution in [3.05, 3.63) is 41.7 Å². The van der Waals surface area contributed by atoms with E-state index in [0.717, 1.165) is 5.69 Å². The van der Waals surface area contributed by atoms with Gasteiger partial charge in [0.15, 0.2) is 11.4 Å². The van der Waals surface area contributed by atoms with Crippen molar-refractivity contribution in [1.29, 1.82) is 0 Å². The fraction of sp³-hybridized carbons (Fsp3) is 0.389. The molecule has 0 bridgehead atoms. The Kier molecular flexibility index (Phi) is 4.48. The van der Waals surface area contributed by atoms with Gasteiger partial charge in [-0.1, -0.05) is 26.0 Å². The van der Waals surface area contributed by atoms with Crippen molar-refractivity contribution in [1.82, 2.24) is 14.7 Å². The first kappa shape index (κ1) is 17.0. The highest BCUT2D eigenvalue weighted by Gasteiger charge is 2.33. The maximum atomic E-state index is 12.5. The van der Waals surface area contributed by atoms with Crippen LogP contribution in [0.2, 0.25) is 0 Å². The molecule has 25 heavy (non-hydrogen) atoms. The molecule has 2 aromatic rings. The third-order valence-corrected chi connectivity index (χ3v) is 4.55. The van der Waals surface area contributed by atoms with E-state index in [-0.39, 0.29) is 18.0 Å². The van der Waals surface area contributed by atoms with Gasteiger partial charge in [-0.2, -0.15) is 5.10 Å². The molecule has 0 spiro atoms. The first-order valence-electron chi connectivity index (χ1n) is 8.28. The summed E-state index contributed by atoms with van der Waals surface area (Å²) in [6.07, 6.45) is 1.81. The van der Waals surface area contributed by atoms with Gasteiger partial charge in [0.1, 0.15) is 0 Å². The molecular formula is C18H21N3O4. The molecule has 0 radical (unpaired) electrons. The van der Waals surface area contributed by atoms with Crippen LogP contribution in [0.15, 0.2) is 30.5 Å². The van der Waals surface area contributed by atoms with E-state index in [1.54, 1.807) is 0 Å². The van der Waals surface area contributed by atoms with E-state index in [1.807, 2.05) is 24.3 Å². The lowest BCUT2D eigenvalue weighted by Crippen LogP contribution is -2.30. The zero-order chi connectivity index (χ0) is 18.1. The van der Waals surface area contributed by atoms with Crippen LogP contribution in [0.5, 0.6) is 5.75 Å². The molecule has 7 nitrogen and oxygen atoms in total. The van der Waals surface area contributed by atoms with Crippen molar-refractivity contribution in [2.24, 2.45) is 5.92 Å². The van der Waals surface area contributed by atoms with Crippen molar-refractivity contribution in [2.45, 2.75) is 26.2 Å². The van der Waals surface area contributed by atoms with Gasteiger partial charge in [-0.05, 0) is 30.0 Å². The second-order valence-corrected chi connectivity index (χ2v) is 6.63. The number of carboxylic acids is 1. The molecule has 0 saturated carbocycles. The lowest BCUT2D eigenvalue weighted by Gasteiger charge is -2.14. The fourth-order valence-corrected chi connectivity index (χ4v) is 2.96. The topological polar surface area (TPSA) is 95.7 Å². The van der Waals surface area contributed by atoms with Crippen molar-refractivity contribution in [2.75, 3.05) is 13.1 Å². The Labute approximate surface area is 145 Å². The predicted octanol–water partition coefficient (Wildman–Crippen LogP) is 2.25. The minimum absolute atomic E-state index is 0.0565. The summed E-state index contributed by atoms with van der Waals surface area (Å²) in [7, 11) is 0. The van der Waals surface area contributed by atoms with E-state index in [0.29, 0.717) is 18.9 Å². The number of benzene rings is 1. The van der Waals surface area contributed by atoms with E-state index in [1.165, 1.54) is 21.3 Å².